The number of ether oxygens (including phenoxy) is 1. The van der Waals surface area contributed by atoms with E-state index >= 15 is 0 Å². The van der Waals surface area contributed by atoms with Gasteiger partial charge in [-0.05, 0) is 6.92 Å². The third kappa shape index (κ3) is 3.43. The zero-order valence-electron chi connectivity index (χ0n) is 14.3. The molecule has 0 saturated carbocycles. The van der Waals surface area contributed by atoms with E-state index in [2.05, 4.69) is 27.1 Å². The molecule has 3 rings (SSSR count). The van der Waals surface area contributed by atoms with Crippen molar-refractivity contribution >= 4 is 11.6 Å². The number of methoxy groups -OCH3 is 1. The van der Waals surface area contributed by atoms with Crippen molar-refractivity contribution in [3.8, 4) is 11.8 Å². The molecular weight excluding hydrogens is 322 g/mol. The lowest BCUT2D eigenvalue weighted by atomic mass is 9.91. The number of pyridine rings is 1. The Morgan fingerprint density at radius 2 is 2.44 bits per heavy atom. The minimum Gasteiger partial charge on any atom is -0.494 e. The van der Waals surface area contributed by atoms with E-state index in [-0.39, 0.29) is 23.9 Å². The average molecular weight is 345 g/mol. The molecule has 5 N–H and O–H groups in total. The lowest BCUT2D eigenvalue weighted by molar-refractivity contribution is -0.121. The van der Waals surface area contributed by atoms with E-state index in [1.807, 2.05) is 11.9 Å². The van der Waals surface area contributed by atoms with Gasteiger partial charge in [-0.1, -0.05) is 0 Å². The number of aromatic nitrogens is 1. The highest BCUT2D eigenvalue weighted by Gasteiger charge is 2.47. The molecule has 0 aliphatic carbocycles. The Morgan fingerprint density at radius 1 is 1.64 bits per heavy atom. The summed E-state index contributed by atoms with van der Waals surface area (Å²) in [6.07, 6.45) is 2.40. The summed E-state index contributed by atoms with van der Waals surface area (Å²) in [6.45, 7) is 3.24. The fourth-order valence-corrected chi connectivity index (χ4v) is 3.35. The molecule has 2 aliphatic heterocycles. The van der Waals surface area contributed by atoms with Gasteiger partial charge in [-0.15, -0.1) is 0 Å². The molecule has 1 aromatic heterocycles. The van der Waals surface area contributed by atoms with Gasteiger partial charge in [-0.3, -0.25) is 15.1 Å². The van der Waals surface area contributed by atoms with Gasteiger partial charge in [0.05, 0.1) is 37.6 Å². The van der Waals surface area contributed by atoms with Crippen molar-refractivity contribution in [2.24, 2.45) is 23.5 Å². The van der Waals surface area contributed by atoms with E-state index < -0.39 is 12.1 Å². The van der Waals surface area contributed by atoms with Crippen LogP contribution in [0, 0.1) is 29.1 Å². The fourth-order valence-electron chi connectivity index (χ4n) is 3.35. The van der Waals surface area contributed by atoms with Gasteiger partial charge in [0.1, 0.15) is 11.4 Å². The lowest BCUT2D eigenvalue weighted by Gasteiger charge is -2.37. The first-order valence-electron chi connectivity index (χ1n) is 8.25. The van der Waals surface area contributed by atoms with Crippen LogP contribution in [0.1, 0.15) is 6.92 Å². The van der Waals surface area contributed by atoms with Crippen molar-refractivity contribution in [1.29, 1.82) is 5.26 Å². The first kappa shape index (κ1) is 17.6. The number of hydrazine groups is 1. The zero-order chi connectivity index (χ0) is 18.0. The third-order valence-electron chi connectivity index (χ3n) is 4.87. The Hall–Kier alpha value is -2.25. The summed E-state index contributed by atoms with van der Waals surface area (Å²) in [5.74, 6) is -0.0410. The van der Waals surface area contributed by atoms with E-state index in [0.717, 1.165) is 0 Å². The van der Waals surface area contributed by atoms with E-state index in [4.69, 9.17) is 15.7 Å². The molecule has 2 aliphatic rings. The maximum atomic E-state index is 12.8. The van der Waals surface area contributed by atoms with Crippen molar-refractivity contribution < 1.29 is 9.53 Å². The van der Waals surface area contributed by atoms with Crippen LogP contribution >= 0.6 is 0 Å². The summed E-state index contributed by atoms with van der Waals surface area (Å²) < 4.78 is 5.24. The number of nitriles is 1. The molecule has 5 atom stereocenters. The maximum Gasteiger partial charge on any atom is 0.233 e. The number of amides is 1. The topological polar surface area (TPSA) is 128 Å². The number of nitrogens with two attached hydrogens (primary N) is 1. The average Bonchev–Trinajstić information content (AvgIpc) is 2.96. The second-order valence-electron chi connectivity index (χ2n) is 6.43. The van der Waals surface area contributed by atoms with Crippen LogP contribution in [-0.4, -0.2) is 48.4 Å². The zero-order valence-corrected chi connectivity index (χ0v) is 14.3. The van der Waals surface area contributed by atoms with E-state index in [0.29, 0.717) is 24.5 Å². The molecule has 5 unspecified atom stereocenters. The van der Waals surface area contributed by atoms with E-state index in [1.165, 1.54) is 7.11 Å². The molecule has 2 fully saturated rings. The standard InChI is InChI=1S/C16H23N7O2/c1-9(5-17)10-6-20-15-13(14(18)22-23(15)8-10)16(24)21-11-7-19-4-3-12(11)25-2/h3-4,7,9-10,13-15,20,22H,6,8,18H2,1-2H3,(H,21,24). The summed E-state index contributed by atoms with van der Waals surface area (Å²) in [6, 6.07) is 3.96. The molecule has 3 heterocycles. The summed E-state index contributed by atoms with van der Waals surface area (Å²) in [5, 5.41) is 17.2. The fraction of sp³-hybridized carbons (Fsp3) is 0.562. The lowest BCUT2D eigenvalue weighted by Crippen LogP contribution is -2.58. The number of nitrogens with zero attached hydrogens (tertiary/aromatic N) is 3. The minimum absolute atomic E-state index is 0.0704. The first-order valence-corrected chi connectivity index (χ1v) is 8.25. The molecule has 1 aromatic rings. The van der Waals surface area contributed by atoms with Crippen LogP contribution in [-0.2, 0) is 4.79 Å². The third-order valence-corrected chi connectivity index (χ3v) is 4.87. The number of nitrogens with one attached hydrogen (secondary N) is 3. The van der Waals surface area contributed by atoms with E-state index in [1.54, 1.807) is 18.5 Å². The van der Waals surface area contributed by atoms with Gasteiger partial charge >= 0.3 is 0 Å². The molecule has 2 saturated heterocycles. The van der Waals surface area contributed by atoms with Gasteiger partial charge in [-0.25, -0.2) is 10.4 Å². The largest absolute Gasteiger partial charge is 0.494 e. The minimum atomic E-state index is -0.517. The number of hydrogen-bond donors (Lipinski definition) is 4. The molecule has 1 amide bonds. The van der Waals surface area contributed by atoms with Crippen LogP contribution in [0.3, 0.4) is 0 Å². The van der Waals surface area contributed by atoms with Gasteiger partial charge in [0.2, 0.25) is 5.91 Å². The Bertz CT molecular complexity index is 677. The number of anilines is 1. The van der Waals surface area contributed by atoms with Crippen molar-refractivity contribution in [2.45, 2.75) is 19.3 Å². The Morgan fingerprint density at radius 3 is 3.16 bits per heavy atom. The quantitative estimate of drug-likeness (QED) is 0.572. The highest BCUT2D eigenvalue weighted by molar-refractivity contribution is 5.94. The molecule has 0 bridgehead atoms. The smallest absolute Gasteiger partial charge is 0.233 e. The summed E-state index contributed by atoms with van der Waals surface area (Å²) in [7, 11) is 1.54. The highest BCUT2D eigenvalue weighted by Crippen LogP contribution is 2.28. The normalized spacial score (nSPS) is 30.2. The summed E-state index contributed by atoms with van der Waals surface area (Å²) >= 11 is 0. The van der Waals surface area contributed by atoms with Crippen LogP contribution in [0.2, 0.25) is 0 Å². The Labute approximate surface area is 146 Å². The second kappa shape index (κ2) is 7.33. The summed E-state index contributed by atoms with van der Waals surface area (Å²) in [4.78, 5) is 16.8. The van der Waals surface area contributed by atoms with Crippen molar-refractivity contribution in [2.75, 3.05) is 25.5 Å². The molecule has 25 heavy (non-hydrogen) atoms. The van der Waals surface area contributed by atoms with Gasteiger partial charge in [-0.2, -0.15) is 5.26 Å². The van der Waals surface area contributed by atoms with Crippen LogP contribution in [0.15, 0.2) is 18.5 Å². The molecular formula is C16H23N7O2. The molecule has 9 heteroatoms. The number of carbonyl (C=O) groups excluding carboxylic acids is 1. The molecule has 134 valence electrons. The molecule has 0 aromatic carbocycles. The van der Waals surface area contributed by atoms with E-state index in [9.17, 15) is 4.79 Å². The van der Waals surface area contributed by atoms with Crippen LogP contribution in [0.5, 0.6) is 5.75 Å². The van der Waals surface area contributed by atoms with Crippen LogP contribution in [0.25, 0.3) is 0 Å². The molecule has 0 spiro atoms. The van der Waals surface area contributed by atoms with Crippen LogP contribution < -0.4 is 26.5 Å². The number of carbonyl (C=O) groups is 1. The van der Waals surface area contributed by atoms with Gasteiger partial charge in [0.25, 0.3) is 0 Å². The summed E-state index contributed by atoms with van der Waals surface area (Å²) in [5.41, 5.74) is 9.80. The first-order chi connectivity index (χ1) is 12.0. The van der Waals surface area contributed by atoms with Gasteiger partial charge in [0, 0.05) is 37.2 Å². The second-order valence-corrected chi connectivity index (χ2v) is 6.43. The van der Waals surface area contributed by atoms with Crippen molar-refractivity contribution in [3.63, 3.8) is 0 Å². The molecule has 9 nitrogen and oxygen atoms in total. The Balaban J connectivity index is 1.71. The van der Waals surface area contributed by atoms with Gasteiger partial charge in [0.15, 0.2) is 0 Å². The predicted octanol–water partition coefficient (Wildman–Crippen LogP) is -0.545. The van der Waals surface area contributed by atoms with Crippen molar-refractivity contribution in [1.82, 2.24) is 20.7 Å². The number of fused-ring (bicyclic) bond motifs is 1. The van der Waals surface area contributed by atoms with Crippen LogP contribution in [0.4, 0.5) is 5.69 Å². The SMILES string of the molecule is COc1ccncc1NC(=O)C1C(N)NN2CC(C(C)C#N)CNC12. The van der Waals surface area contributed by atoms with Crippen molar-refractivity contribution in [3.05, 3.63) is 18.5 Å². The highest BCUT2D eigenvalue weighted by atomic mass is 16.5. The maximum absolute atomic E-state index is 12.8. The van der Waals surface area contributed by atoms with Gasteiger partial charge < -0.3 is 15.8 Å². The molecule has 0 radical (unpaired) electrons. The number of rotatable bonds is 4. The Kier molecular flexibility index (Phi) is 5.15. The predicted molar refractivity (Wildman–Crippen MR) is 90.8 cm³/mol. The number of hydrogen-bond acceptors (Lipinski definition) is 8. The monoisotopic (exact) mass is 345 g/mol.